The average molecular weight is 299 g/mol. The minimum absolute atomic E-state index is 0.132. The van der Waals surface area contributed by atoms with Crippen LogP contribution in [0.5, 0.6) is 5.75 Å². The van der Waals surface area contributed by atoms with Crippen LogP contribution in [0.15, 0.2) is 18.2 Å². The molecule has 0 amide bonds. The van der Waals surface area contributed by atoms with Crippen LogP contribution in [-0.4, -0.2) is 40.1 Å². The van der Waals surface area contributed by atoms with Crippen molar-refractivity contribution in [2.75, 3.05) is 40.1 Å². The minimum Gasteiger partial charge on any atom is -0.490 e. The van der Waals surface area contributed by atoms with E-state index < -0.39 is 0 Å². The van der Waals surface area contributed by atoms with Crippen LogP contribution in [0.2, 0.25) is 0 Å². The highest BCUT2D eigenvalue weighted by Gasteiger charge is 2.09. The van der Waals surface area contributed by atoms with Gasteiger partial charge in [0.1, 0.15) is 0 Å². The average Bonchev–Trinajstić information content (AvgIpc) is 2.48. The molecule has 1 rings (SSSR count). The summed E-state index contributed by atoms with van der Waals surface area (Å²) in [5.41, 5.74) is 0.921. The van der Waals surface area contributed by atoms with Crippen LogP contribution < -0.4 is 10.1 Å². The molecule has 1 aromatic rings. The first-order valence-electron chi connectivity index (χ1n) is 7.41. The van der Waals surface area contributed by atoms with Gasteiger partial charge >= 0.3 is 0 Å². The zero-order chi connectivity index (χ0) is 15.5. The molecule has 0 aliphatic rings. The molecule has 0 aliphatic heterocycles. The van der Waals surface area contributed by atoms with Crippen LogP contribution in [0.1, 0.15) is 31.9 Å². The molecule has 0 radical (unpaired) electrons. The minimum atomic E-state index is -0.322. The molecular weight excluding hydrogens is 273 g/mol. The maximum Gasteiger partial charge on any atom is 0.165 e. The largest absolute Gasteiger partial charge is 0.490 e. The van der Waals surface area contributed by atoms with Gasteiger partial charge in [-0.1, -0.05) is 13.0 Å². The summed E-state index contributed by atoms with van der Waals surface area (Å²) in [6, 6.07) is 5.23. The second-order valence-electron chi connectivity index (χ2n) is 4.78. The Labute approximate surface area is 126 Å². The molecule has 1 aromatic carbocycles. The monoisotopic (exact) mass is 299 g/mol. The molecule has 0 fully saturated rings. The fourth-order valence-corrected chi connectivity index (χ4v) is 1.91. The summed E-state index contributed by atoms with van der Waals surface area (Å²) in [5.74, 6) is -0.0307. The third-order valence-corrected chi connectivity index (χ3v) is 3.09. The molecular formula is C16H26FNO3. The normalized spacial score (nSPS) is 12.4. The number of methoxy groups -OCH3 is 1. The highest BCUT2D eigenvalue weighted by Crippen LogP contribution is 2.22. The molecule has 0 heterocycles. The Morgan fingerprint density at radius 1 is 1.19 bits per heavy atom. The van der Waals surface area contributed by atoms with Gasteiger partial charge in [0.05, 0.1) is 19.8 Å². The molecule has 1 atom stereocenters. The van der Waals surface area contributed by atoms with Crippen LogP contribution in [-0.2, 0) is 9.47 Å². The number of halogens is 1. The predicted molar refractivity (Wildman–Crippen MR) is 81.3 cm³/mol. The summed E-state index contributed by atoms with van der Waals surface area (Å²) in [6.07, 6.45) is 0.721. The zero-order valence-electron chi connectivity index (χ0n) is 13.2. The lowest BCUT2D eigenvalue weighted by Gasteiger charge is -2.14. The van der Waals surface area contributed by atoms with E-state index in [-0.39, 0.29) is 11.9 Å². The van der Waals surface area contributed by atoms with E-state index in [9.17, 15) is 4.39 Å². The van der Waals surface area contributed by atoms with Crippen molar-refractivity contribution in [2.45, 2.75) is 26.3 Å². The van der Waals surface area contributed by atoms with E-state index in [1.54, 1.807) is 13.2 Å². The van der Waals surface area contributed by atoms with Gasteiger partial charge in [0, 0.05) is 26.2 Å². The SMILES string of the molecule is CCNC(C)c1ccc(OCCCOCCOC)c(F)c1. The van der Waals surface area contributed by atoms with Crippen LogP contribution in [0, 0.1) is 5.82 Å². The second kappa shape index (κ2) is 10.5. The first kappa shape index (κ1) is 17.9. The van der Waals surface area contributed by atoms with Crippen molar-refractivity contribution in [3.8, 4) is 5.75 Å². The van der Waals surface area contributed by atoms with Gasteiger partial charge < -0.3 is 19.5 Å². The Hall–Kier alpha value is -1.17. The first-order chi connectivity index (χ1) is 10.2. The predicted octanol–water partition coefficient (Wildman–Crippen LogP) is 2.93. The Kier molecular flexibility index (Phi) is 8.98. The number of ether oxygens (including phenoxy) is 3. The van der Waals surface area contributed by atoms with Crippen LogP contribution in [0.25, 0.3) is 0 Å². The van der Waals surface area contributed by atoms with Crippen molar-refractivity contribution in [3.63, 3.8) is 0 Å². The third-order valence-electron chi connectivity index (χ3n) is 3.09. The van der Waals surface area contributed by atoms with Crippen molar-refractivity contribution in [1.82, 2.24) is 5.32 Å². The Morgan fingerprint density at radius 2 is 2.00 bits per heavy atom. The van der Waals surface area contributed by atoms with Crippen LogP contribution in [0.4, 0.5) is 4.39 Å². The van der Waals surface area contributed by atoms with Gasteiger partial charge in [0.15, 0.2) is 11.6 Å². The van der Waals surface area contributed by atoms with Crippen molar-refractivity contribution in [1.29, 1.82) is 0 Å². The van der Waals surface area contributed by atoms with E-state index in [1.807, 2.05) is 19.9 Å². The van der Waals surface area contributed by atoms with E-state index >= 15 is 0 Å². The number of hydrogen-bond acceptors (Lipinski definition) is 4. The first-order valence-corrected chi connectivity index (χ1v) is 7.41. The molecule has 0 saturated carbocycles. The Bertz CT molecular complexity index is 401. The summed E-state index contributed by atoms with van der Waals surface area (Å²) >= 11 is 0. The Morgan fingerprint density at radius 3 is 2.67 bits per heavy atom. The lowest BCUT2D eigenvalue weighted by atomic mass is 10.1. The summed E-state index contributed by atoms with van der Waals surface area (Å²) < 4.78 is 29.5. The molecule has 1 N–H and O–H groups in total. The third kappa shape index (κ3) is 6.89. The van der Waals surface area contributed by atoms with E-state index in [0.717, 1.165) is 18.5 Å². The second-order valence-corrected chi connectivity index (χ2v) is 4.78. The number of benzene rings is 1. The smallest absolute Gasteiger partial charge is 0.165 e. The Balaban J connectivity index is 2.32. The lowest BCUT2D eigenvalue weighted by Crippen LogP contribution is -2.17. The molecule has 1 unspecified atom stereocenters. The standard InChI is InChI=1S/C16H26FNO3/c1-4-18-13(2)14-6-7-16(15(17)12-14)21-9-5-8-20-11-10-19-3/h6-7,12-13,18H,4-5,8-11H2,1-3H3. The van der Waals surface area contributed by atoms with Crippen molar-refractivity contribution in [2.24, 2.45) is 0 Å². The summed E-state index contributed by atoms with van der Waals surface area (Å²) in [4.78, 5) is 0. The fourth-order valence-electron chi connectivity index (χ4n) is 1.91. The number of rotatable bonds is 11. The highest BCUT2D eigenvalue weighted by molar-refractivity contribution is 5.30. The molecule has 0 aliphatic carbocycles. The fraction of sp³-hybridized carbons (Fsp3) is 0.625. The van der Waals surface area contributed by atoms with E-state index in [1.165, 1.54) is 6.07 Å². The van der Waals surface area contributed by atoms with Gasteiger partial charge in [0.25, 0.3) is 0 Å². The van der Waals surface area contributed by atoms with Crippen molar-refractivity contribution in [3.05, 3.63) is 29.6 Å². The summed E-state index contributed by atoms with van der Waals surface area (Å²) in [7, 11) is 1.63. The molecule has 0 aromatic heterocycles. The molecule has 0 spiro atoms. The summed E-state index contributed by atoms with van der Waals surface area (Å²) in [6.45, 7) is 7.06. The lowest BCUT2D eigenvalue weighted by molar-refractivity contribution is 0.0642. The maximum atomic E-state index is 13.9. The molecule has 5 heteroatoms. The zero-order valence-corrected chi connectivity index (χ0v) is 13.2. The van der Waals surface area contributed by atoms with Gasteiger partial charge in [-0.15, -0.1) is 0 Å². The van der Waals surface area contributed by atoms with E-state index in [2.05, 4.69) is 5.32 Å². The summed E-state index contributed by atoms with van der Waals surface area (Å²) in [5, 5.41) is 3.25. The van der Waals surface area contributed by atoms with Gasteiger partial charge in [0.2, 0.25) is 0 Å². The topological polar surface area (TPSA) is 39.7 Å². The number of hydrogen-bond donors (Lipinski definition) is 1. The van der Waals surface area contributed by atoms with Gasteiger partial charge in [-0.3, -0.25) is 0 Å². The molecule has 21 heavy (non-hydrogen) atoms. The molecule has 120 valence electrons. The van der Waals surface area contributed by atoms with Crippen LogP contribution in [0.3, 0.4) is 0 Å². The quantitative estimate of drug-likeness (QED) is 0.638. The van der Waals surface area contributed by atoms with Crippen LogP contribution >= 0.6 is 0 Å². The molecule has 0 saturated heterocycles. The number of nitrogens with one attached hydrogen (secondary N) is 1. The van der Waals surface area contributed by atoms with Crippen molar-refractivity contribution < 1.29 is 18.6 Å². The maximum absolute atomic E-state index is 13.9. The molecule has 4 nitrogen and oxygen atoms in total. The van der Waals surface area contributed by atoms with Gasteiger partial charge in [-0.2, -0.15) is 0 Å². The van der Waals surface area contributed by atoms with E-state index in [4.69, 9.17) is 14.2 Å². The van der Waals surface area contributed by atoms with Gasteiger partial charge in [-0.25, -0.2) is 4.39 Å². The van der Waals surface area contributed by atoms with E-state index in [0.29, 0.717) is 32.2 Å². The highest BCUT2D eigenvalue weighted by atomic mass is 19.1. The molecule has 0 bridgehead atoms. The van der Waals surface area contributed by atoms with Gasteiger partial charge in [-0.05, 0) is 31.2 Å². The van der Waals surface area contributed by atoms with Crippen molar-refractivity contribution >= 4 is 0 Å².